The summed E-state index contributed by atoms with van der Waals surface area (Å²) in [7, 11) is -5.04. The zero-order valence-electron chi connectivity index (χ0n) is 19.0. The number of halogens is 1. The van der Waals surface area contributed by atoms with E-state index in [1.807, 2.05) is 0 Å². The van der Waals surface area contributed by atoms with Gasteiger partial charge < -0.3 is 5.32 Å². The van der Waals surface area contributed by atoms with Crippen LogP contribution in [0.3, 0.4) is 0 Å². The Morgan fingerprint density at radius 2 is 1.63 bits per heavy atom. The SMILES string of the molecule is C=CCN(c1ccccc1)S(=O)(=O)c1cc(C(=O)Nc2cccc(S(=O)(=O)N(C)C)c2)ccc1Cl. The molecule has 3 aromatic rings. The summed E-state index contributed by atoms with van der Waals surface area (Å²) in [5.41, 5.74) is 0.674. The Hall–Kier alpha value is -3.18. The van der Waals surface area contributed by atoms with Gasteiger partial charge in [-0.25, -0.2) is 21.1 Å². The third-order valence-electron chi connectivity index (χ3n) is 4.97. The Kier molecular flexibility index (Phi) is 8.01. The van der Waals surface area contributed by atoms with Gasteiger partial charge in [-0.2, -0.15) is 0 Å². The van der Waals surface area contributed by atoms with E-state index in [9.17, 15) is 21.6 Å². The van der Waals surface area contributed by atoms with Crippen molar-refractivity contribution >= 4 is 48.9 Å². The number of carbonyl (C=O) groups is 1. The van der Waals surface area contributed by atoms with Gasteiger partial charge >= 0.3 is 0 Å². The summed E-state index contributed by atoms with van der Waals surface area (Å²) in [5, 5.41) is 2.55. The number of amides is 1. The van der Waals surface area contributed by atoms with Crippen LogP contribution in [0.2, 0.25) is 5.02 Å². The highest BCUT2D eigenvalue weighted by Gasteiger charge is 2.27. The lowest BCUT2D eigenvalue weighted by molar-refractivity contribution is 0.102. The molecular formula is C24H24ClN3O5S2. The number of nitrogens with one attached hydrogen (secondary N) is 1. The van der Waals surface area contributed by atoms with Crippen molar-refractivity contribution in [3.63, 3.8) is 0 Å². The summed E-state index contributed by atoms with van der Waals surface area (Å²) >= 11 is 6.24. The van der Waals surface area contributed by atoms with E-state index >= 15 is 0 Å². The predicted octanol–water partition coefficient (Wildman–Crippen LogP) is 4.22. The molecule has 8 nitrogen and oxygen atoms in total. The average molecular weight is 534 g/mol. The number of hydrogen-bond acceptors (Lipinski definition) is 5. The van der Waals surface area contributed by atoms with Gasteiger partial charge in [-0.3, -0.25) is 9.10 Å². The first kappa shape index (κ1) is 26.4. The van der Waals surface area contributed by atoms with E-state index in [0.717, 1.165) is 8.61 Å². The zero-order valence-corrected chi connectivity index (χ0v) is 21.4. The molecule has 0 atom stereocenters. The van der Waals surface area contributed by atoms with E-state index in [2.05, 4.69) is 11.9 Å². The fourth-order valence-electron chi connectivity index (χ4n) is 3.16. The molecule has 0 unspecified atom stereocenters. The predicted molar refractivity (Wildman–Crippen MR) is 138 cm³/mol. The molecule has 11 heteroatoms. The number of benzene rings is 3. The van der Waals surface area contributed by atoms with Gasteiger partial charge in [-0.1, -0.05) is 41.9 Å². The van der Waals surface area contributed by atoms with Gasteiger partial charge in [0.05, 0.1) is 22.2 Å². The smallest absolute Gasteiger partial charge is 0.266 e. The van der Waals surface area contributed by atoms with Crippen LogP contribution in [0.4, 0.5) is 11.4 Å². The first-order chi connectivity index (χ1) is 16.5. The average Bonchev–Trinajstić information content (AvgIpc) is 2.83. The summed E-state index contributed by atoms with van der Waals surface area (Å²) in [6.45, 7) is 3.63. The van der Waals surface area contributed by atoms with Crippen LogP contribution < -0.4 is 9.62 Å². The third kappa shape index (κ3) is 5.73. The Bertz CT molecular complexity index is 1460. The summed E-state index contributed by atoms with van der Waals surface area (Å²) in [6.07, 6.45) is 1.45. The summed E-state index contributed by atoms with van der Waals surface area (Å²) in [4.78, 5) is 12.7. The maximum atomic E-state index is 13.5. The third-order valence-corrected chi connectivity index (χ3v) is 9.06. The fraction of sp³-hybridized carbons (Fsp3) is 0.125. The first-order valence-corrected chi connectivity index (χ1v) is 13.6. The number of rotatable bonds is 9. The molecule has 184 valence electrons. The summed E-state index contributed by atoms with van der Waals surface area (Å²) < 4.78 is 53.9. The van der Waals surface area contributed by atoms with E-state index in [4.69, 9.17) is 11.6 Å². The van der Waals surface area contributed by atoms with E-state index in [1.54, 1.807) is 30.3 Å². The molecule has 1 amide bonds. The molecule has 0 aliphatic heterocycles. The van der Waals surface area contributed by atoms with Gasteiger partial charge in [0.1, 0.15) is 4.90 Å². The van der Waals surface area contributed by atoms with Crippen molar-refractivity contribution in [3.05, 3.63) is 96.0 Å². The second kappa shape index (κ2) is 10.6. The van der Waals surface area contributed by atoms with E-state index in [1.165, 1.54) is 62.6 Å². The summed E-state index contributed by atoms with van der Waals surface area (Å²) in [6, 6.07) is 18.1. The highest BCUT2D eigenvalue weighted by atomic mass is 35.5. The molecule has 0 radical (unpaired) electrons. The molecule has 0 aliphatic carbocycles. The van der Waals surface area contributed by atoms with Crippen LogP contribution >= 0.6 is 11.6 Å². The van der Waals surface area contributed by atoms with Crippen molar-refractivity contribution in [2.75, 3.05) is 30.3 Å². The standard InChI is InChI=1S/C24H24ClN3O5S2/c1-4-15-28(20-10-6-5-7-11-20)35(32,33)23-16-18(13-14-22(23)25)24(29)26-19-9-8-12-21(17-19)34(30,31)27(2)3/h4-14,16-17H,1,15H2,2-3H3,(H,26,29). The van der Waals surface area contributed by atoms with Crippen molar-refractivity contribution in [1.29, 1.82) is 0 Å². The van der Waals surface area contributed by atoms with Gasteiger partial charge in [-0.15, -0.1) is 6.58 Å². The van der Waals surface area contributed by atoms with E-state index < -0.39 is 26.0 Å². The highest BCUT2D eigenvalue weighted by Crippen LogP contribution is 2.30. The van der Waals surface area contributed by atoms with Gasteiger partial charge in [-0.05, 0) is 48.5 Å². The lowest BCUT2D eigenvalue weighted by atomic mass is 10.2. The van der Waals surface area contributed by atoms with Crippen LogP contribution in [0.15, 0.2) is 95.2 Å². The molecule has 0 spiro atoms. The highest BCUT2D eigenvalue weighted by molar-refractivity contribution is 7.93. The van der Waals surface area contributed by atoms with Crippen molar-refractivity contribution in [2.24, 2.45) is 0 Å². The van der Waals surface area contributed by atoms with Crippen LogP contribution in [0.5, 0.6) is 0 Å². The van der Waals surface area contributed by atoms with Gasteiger partial charge in [0, 0.05) is 25.3 Å². The van der Waals surface area contributed by atoms with Crippen molar-refractivity contribution in [2.45, 2.75) is 9.79 Å². The number of hydrogen-bond donors (Lipinski definition) is 1. The number of sulfonamides is 2. The Balaban J connectivity index is 1.96. The first-order valence-electron chi connectivity index (χ1n) is 10.3. The molecule has 35 heavy (non-hydrogen) atoms. The number of nitrogens with zero attached hydrogens (tertiary/aromatic N) is 2. The minimum Gasteiger partial charge on any atom is -0.322 e. The molecule has 3 rings (SSSR count). The van der Waals surface area contributed by atoms with Crippen molar-refractivity contribution in [1.82, 2.24) is 4.31 Å². The van der Waals surface area contributed by atoms with Crippen molar-refractivity contribution in [3.8, 4) is 0 Å². The number of carbonyl (C=O) groups excluding carboxylic acids is 1. The van der Waals surface area contributed by atoms with Crippen LogP contribution in [0, 0.1) is 0 Å². The lowest BCUT2D eigenvalue weighted by Gasteiger charge is -2.24. The van der Waals surface area contributed by atoms with Gasteiger partial charge in [0.2, 0.25) is 10.0 Å². The topological polar surface area (TPSA) is 104 Å². The summed E-state index contributed by atoms with van der Waals surface area (Å²) in [5.74, 6) is -0.632. The number of anilines is 2. The Labute approximate surface area is 210 Å². The second-order valence-corrected chi connectivity index (χ2v) is 12.0. The van der Waals surface area contributed by atoms with E-state index in [0.29, 0.717) is 5.69 Å². The molecule has 0 bridgehead atoms. The molecule has 0 aromatic heterocycles. The van der Waals surface area contributed by atoms with E-state index in [-0.39, 0.29) is 32.6 Å². The van der Waals surface area contributed by atoms with Crippen LogP contribution in [-0.2, 0) is 20.0 Å². The number of para-hydroxylation sites is 1. The molecular weight excluding hydrogens is 510 g/mol. The molecule has 0 fully saturated rings. The Morgan fingerprint density at radius 3 is 2.26 bits per heavy atom. The fourth-order valence-corrected chi connectivity index (χ4v) is 6.05. The molecule has 3 aromatic carbocycles. The minimum absolute atomic E-state index is 0.00241. The largest absolute Gasteiger partial charge is 0.322 e. The molecule has 0 saturated carbocycles. The van der Waals surface area contributed by atoms with Gasteiger partial charge in [0.15, 0.2) is 0 Å². The minimum atomic E-state index is -4.15. The van der Waals surface area contributed by atoms with Crippen LogP contribution in [-0.4, -0.2) is 47.7 Å². The maximum Gasteiger partial charge on any atom is 0.266 e. The van der Waals surface area contributed by atoms with Crippen molar-refractivity contribution < 1.29 is 21.6 Å². The normalized spacial score (nSPS) is 11.8. The zero-order chi connectivity index (χ0) is 25.8. The molecule has 0 aliphatic rings. The van der Waals surface area contributed by atoms with Crippen LogP contribution in [0.1, 0.15) is 10.4 Å². The second-order valence-electron chi connectivity index (χ2n) is 7.57. The molecule has 1 N–H and O–H groups in total. The molecule has 0 heterocycles. The lowest BCUT2D eigenvalue weighted by Crippen LogP contribution is -2.31. The van der Waals surface area contributed by atoms with Gasteiger partial charge in [0.25, 0.3) is 15.9 Å². The maximum absolute atomic E-state index is 13.5. The van der Waals surface area contributed by atoms with Crippen LogP contribution in [0.25, 0.3) is 0 Å². The quantitative estimate of drug-likeness (QED) is 0.415. The monoisotopic (exact) mass is 533 g/mol. The Morgan fingerprint density at radius 1 is 0.943 bits per heavy atom. The molecule has 0 saturated heterocycles.